The minimum absolute atomic E-state index is 0.0121. The van der Waals surface area contributed by atoms with Crippen molar-refractivity contribution in [2.75, 3.05) is 7.11 Å². The van der Waals surface area contributed by atoms with Crippen molar-refractivity contribution < 1.29 is 14.5 Å². The zero-order chi connectivity index (χ0) is 15.2. The Bertz CT molecular complexity index is 707. The minimum Gasteiger partial charge on any atom is -0.496 e. The van der Waals surface area contributed by atoms with E-state index < -0.39 is 4.92 Å². The molecule has 2 aromatic carbocycles. The third-order valence-electron chi connectivity index (χ3n) is 2.88. The zero-order valence-electron chi connectivity index (χ0n) is 11.4. The van der Waals surface area contributed by atoms with E-state index in [-0.39, 0.29) is 11.5 Å². The number of hydrogen-bond acceptors (Lipinski definition) is 4. The maximum atomic E-state index is 12.1. The summed E-state index contributed by atoms with van der Waals surface area (Å²) in [4.78, 5) is 22.3. The van der Waals surface area contributed by atoms with Crippen molar-refractivity contribution >= 4 is 17.5 Å². The molecule has 106 valence electrons. The van der Waals surface area contributed by atoms with Gasteiger partial charge in [-0.3, -0.25) is 14.9 Å². The van der Waals surface area contributed by atoms with Gasteiger partial charge in [0.05, 0.1) is 17.6 Å². The second kappa shape index (κ2) is 6.47. The average molecular weight is 283 g/mol. The van der Waals surface area contributed by atoms with Crippen LogP contribution < -0.4 is 4.74 Å². The van der Waals surface area contributed by atoms with Crippen LogP contribution in [0.3, 0.4) is 0 Å². The lowest BCUT2D eigenvalue weighted by molar-refractivity contribution is -0.384. The van der Waals surface area contributed by atoms with Crippen LogP contribution in [-0.4, -0.2) is 17.8 Å². The molecule has 0 fully saturated rings. The largest absolute Gasteiger partial charge is 0.496 e. The Morgan fingerprint density at radius 2 is 1.95 bits per heavy atom. The first-order valence-corrected chi connectivity index (χ1v) is 6.21. The molecule has 2 aromatic rings. The van der Waals surface area contributed by atoms with Crippen molar-refractivity contribution in [3.05, 3.63) is 75.8 Å². The fourth-order valence-corrected chi connectivity index (χ4v) is 1.85. The zero-order valence-corrected chi connectivity index (χ0v) is 11.4. The predicted molar refractivity (Wildman–Crippen MR) is 79.5 cm³/mol. The molecule has 0 spiro atoms. The van der Waals surface area contributed by atoms with E-state index >= 15 is 0 Å². The van der Waals surface area contributed by atoms with Crippen molar-refractivity contribution in [1.82, 2.24) is 0 Å². The summed E-state index contributed by atoms with van der Waals surface area (Å²) in [5, 5.41) is 10.7. The number of para-hydroxylation sites is 1. The van der Waals surface area contributed by atoms with Gasteiger partial charge >= 0.3 is 0 Å². The molecule has 0 aliphatic rings. The van der Waals surface area contributed by atoms with E-state index in [1.807, 2.05) is 0 Å². The highest BCUT2D eigenvalue weighted by Crippen LogP contribution is 2.19. The van der Waals surface area contributed by atoms with Gasteiger partial charge in [0.1, 0.15) is 5.75 Å². The molecule has 0 atom stereocenters. The summed E-state index contributed by atoms with van der Waals surface area (Å²) >= 11 is 0. The Balaban J connectivity index is 2.23. The fourth-order valence-electron chi connectivity index (χ4n) is 1.85. The standard InChI is InChI=1S/C16H13NO4/c1-21-16-8-3-2-7-14(16)15(18)10-9-12-5-4-6-13(11-12)17(19)20/h2-11H,1H3. The van der Waals surface area contributed by atoms with Gasteiger partial charge in [0.15, 0.2) is 5.78 Å². The van der Waals surface area contributed by atoms with Gasteiger partial charge in [-0.2, -0.15) is 0 Å². The quantitative estimate of drug-likeness (QED) is 0.364. The first-order valence-electron chi connectivity index (χ1n) is 6.21. The van der Waals surface area contributed by atoms with E-state index in [1.54, 1.807) is 42.5 Å². The van der Waals surface area contributed by atoms with Crippen LogP contribution in [-0.2, 0) is 0 Å². The molecule has 0 saturated carbocycles. The Hall–Kier alpha value is -2.95. The van der Waals surface area contributed by atoms with Crippen molar-refractivity contribution in [3.8, 4) is 5.75 Å². The number of ketones is 1. The van der Waals surface area contributed by atoms with Crippen LogP contribution in [0, 0.1) is 10.1 Å². The number of ether oxygens (including phenoxy) is 1. The van der Waals surface area contributed by atoms with Crippen LogP contribution in [0.1, 0.15) is 15.9 Å². The fraction of sp³-hybridized carbons (Fsp3) is 0.0625. The van der Waals surface area contributed by atoms with E-state index in [4.69, 9.17) is 4.74 Å². The highest BCUT2D eigenvalue weighted by atomic mass is 16.6. The van der Waals surface area contributed by atoms with Crippen molar-refractivity contribution in [3.63, 3.8) is 0 Å². The summed E-state index contributed by atoms with van der Waals surface area (Å²) in [6, 6.07) is 13.0. The number of nitro groups is 1. The van der Waals surface area contributed by atoms with Gasteiger partial charge in [0, 0.05) is 12.1 Å². The summed E-state index contributed by atoms with van der Waals surface area (Å²) < 4.78 is 5.13. The van der Waals surface area contributed by atoms with E-state index in [9.17, 15) is 14.9 Å². The number of carbonyl (C=O) groups excluding carboxylic acids is 1. The molecule has 0 unspecified atom stereocenters. The first kappa shape index (κ1) is 14.5. The predicted octanol–water partition coefficient (Wildman–Crippen LogP) is 3.50. The summed E-state index contributed by atoms with van der Waals surface area (Å²) in [6.07, 6.45) is 2.92. The monoisotopic (exact) mass is 283 g/mol. The van der Waals surface area contributed by atoms with Crippen LogP contribution in [0.4, 0.5) is 5.69 Å². The normalized spacial score (nSPS) is 10.5. The van der Waals surface area contributed by atoms with Crippen LogP contribution in [0.5, 0.6) is 5.75 Å². The van der Waals surface area contributed by atoms with Crippen LogP contribution in [0.2, 0.25) is 0 Å². The number of carbonyl (C=O) groups is 1. The Labute approximate surface area is 121 Å². The highest BCUT2D eigenvalue weighted by Gasteiger charge is 2.08. The lowest BCUT2D eigenvalue weighted by Crippen LogP contribution is -1.98. The number of hydrogen-bond donors (Lipinski definition) is 0. The molecule has 0 N–H and O–H groups in total. The number of nitro benzene ring substituents is 1. The van der Waals surface area contributed by atoms with E-state index in [1.165, 1.54) is 25.3 Å². The molecule has 0 radical (unpaired) electrons. The molecule has 0 saturated heterocycles. The van der Waals surface area contributed by atoms with Crippen molar-refractivity contribution in [2.45, 2.75) is 0 Å². The summed E-state index contributed by atoms with van der Waals surface area (Å²) in [7, 11) is 1.50. The average Bonchev–Trinajstić information content (AvgIpc) is 2.52. The SMILES string of the molecule is COc1ccccc1C(=O)C=Cc1cccc([N+](=O)[O-])c1. The number of non-ortho nitro benzene ring substituents is 1. The van der Waals surface area contributed by atoms with Crippen LogP contribution in [0.15, 0.2) is 54.6 Å². The molecule has 0 bridgehead atoms. The van der Waals surface area contributed by atoms with Gasteiger partial charge < -0.3 is 4.74 Å². The Kier molecular flexibility index (Phi) is 4.46. The molecule has 0 aliphatic carbocycles. The summed E-state index contributed by atoms with van der Waals surface area (Å²) in [5.74, 6) is 0.269. The highest BCUT2D eigenvalue weighted by molar-refractivity contribution is 6.08. The molecular formula is C16H13NO4. The molecule has 0 amide bonds. The smallest absolute Gasteiger partial charge is 0.270 e. The van der Waals surface area contributed by atoms with Gasteiger partial charge in [-0.25, -0.2) is 0 Å². The number of rotatable bonds is 5. The molecule has 5 nitrogen and oxygen atoms in total. The molecule has 2 rings (SSSR count). The first-order chi connectivity index (χ1) is 10.1. The molecular weight excluding hydrogens is 270 g/mol. The summed E-state index contributed by atoms with van der Waals surface area (Å²) in [6.45, 7) is 0. The number of nitrogens with zero attached hydrogens (tertiary/aromatic N) is 1. The van der Waals surface area contributed by atoms with Gasteiger partial charge in [0.2, 0.25) is 0 Å². The summed E-state index contributed by atoms with van der Waals surface area (Å²) in [5.41, 5.74) is 1.02. The van der Waals surface area contributed by atoms with Gasteiger partial charge in [-0.15, -0.1) is 0 Å². The Morgan fingerprint density at radius 1 is 1.19 bits per heavy atom. The van der Waals surface area contributed by atoms with Gasteiger partial charge in [0.25, 0.3) is 5.69 Å². The Morgan fingerprint density at radius 3 is 2.67 bits per heavy atom. The van der Waals surface area contributed by atoms with Gasteiger partial charge in [-0.05, 0) is 23.8 Å². The number of allylic oxidation sites excluding steroid dienone is 1. The third-order valence-corrected chi connectivity index (χ3v) is 2.88. The second-order valence-corrected chi connectivity index (χ2v) is 4.25. The molecule has 5 heteroatoms. The van der Waals surface area contributed by atoms with E-state index in [2.05, 4.69) is 0 Å². The number of benzene rings is 2. The van der Waals surface area contributed by atoms with Crippen LogP contribution >= 0.6 is 0 Å². The maximum absolute atomic E-state index is 12.1. The lowest BCUT2D eigenvalue weighted by atomic mass is 10.1. The maximum Gasteiger partial charge on any atom is 0.270 e. The van der Waals surface area contributed by atoms with Crippen molar-refractivity contribution in [2.24, 2.45) is 0 Å². The van der Waals surface area contributed by atoms with Crippen molar-refractivity contribution in [1.29, 1.82) is 0 Å². The second-order valence-electron chi connectivity index (χ2n) is 4.25. The van der Waals surface area contributed by atoms with E-state index in [0.29, 0.717) is 16.9 Å². The van der Waals surface area contributed by atoms with Gasteiger partial charge in [-0.1, -0.05) is 30.3 Å². The van der Waals surface area contributed by atoms with Crippen LogP contribution in [0.25, 0.3) is 6.08 Å². The molecule has 0 aliphatic heterocycles. The number of methoxy groups -OCH3 is 1. The topological polar surface area (TPSA) is 69.4 Å². The van der Waals surface area contributed by atoms with E-state index in [0.717, 1.165) is 0 Å². The molecule has 0 heterocycles. The third kappa shape index (κ3) is 3.54. The lowest BCUT2D eigenvalue weighted by Gasteiger charge is -2.04. The molecule has 0 aromatic heterocycles. The minimum atomic E-state index is -0.473. The molecule has 21 heavy (non-hydrogen) atoms.